The minimum atomic E-state index is -0.255. The van der Waals surface area contributed by atoms with Crippen LogP contribution in [0.3, 0.4) is 0 Å². The molecular weight excluding hydrogens is 190 g/mol. The Hall–Kier alpha value is -0.830. The average Bonchev–Trinajstić information content (AvgIpc) is 2.97. The van der Waals surface area contributed by atoms with E-state index in [2.05, 4.69) is 12.2 Å². The lowest BCUT2D eigenvalue weighted by Gasteiger charge is -2.10. The predicted octanol–water partition coefficient (Wildman–Crippen LogP) is 1.88. The van der Waals surface area contributed by atoms with E-state index in [1.54, 1.807) is 0 Å². The van der Waals surface area contributed by atoms with Gasteiger partial charge in [0.1, 0.15) is 0 Å². The third-order valence-corrected chi connectivity index (χ3v) is 2.51. The van der Waals surface area contributed by atoms with E-state index < -0.39 is 0 Å². The maximum atomic E-state index is 10.9. The summed E-state index contributed by atoms with van der Waals surface area (Å²) in [6.07, 6.45) is 7.35. The molecule has 1 unspecified atom stereocenters. The maximum absolute atomic E-state index is 10.9. The van der Waals surface area contributed by atoms with Crippen molar-refractivity contribution in [3.8, 4) is 0 Å². The van der Waals surface area contributed by atoms with Crippen molar-refractivity contribution in [2.75, 3.05) is 13.2 Å². The van der Waals surface area contributed by atoms with E-state index in [0.717, 1.165) is 12.5 Å². The van der Waals surface area contributed by atoms with Crippen LogP contribution in [0.2, 0.25) is 0 Å². The standard InChI is InChI=1S/C12H21NO2/c1-3-15-12(14)5-4-8-13-10(2)9-11-6-7-11/h4-5,10-11,13H,3,6-9H2,1-2H3/b5-4+. The largest absolute Gasteiger partial charge is 0.463 e. The molecule has 3 nitrogen and oxygen atoms in total. The van der Waals surface area contributed by atoms with Gasteiger partial charge in [-0.25, -0.2) is 4.79 Å². The zero-order valence-electron chi connectivity index (χ0n) is 9.66. The Morgan fingerprint density at radius 2 is 2.33 bits per heavy atom. The summed E-state index contributed by atoms with van der Waals surface area (Å²) in [7, 11) is 0. The van der Waals surface area contributed by atoms with Crippen molar-refractivity contribution in [3.05, 3.63) is 12.2 Å². The number of esters is 1. The highest BCUT2D eigenvalue weighted by molar-refractivity contribution is 5.81. The highest BCUT2D eigenvalue weighted by atomic mass is 16.5. The molecule has 1 atom stereocenters. The Morgan fingerprint density at radius 3 is 2.93 bits per heavy atom. The van der Waals surface area contributed by atoms with Crippen LogP contribution in [0.5, 0.6) is 0 Å². The van der Waals surface area contributed by atoms with Crippen LogP contribution in [0.1, 0.15) is 33.1 Å². The molecule has 1 saturated carbocycles. The van der Waals surface area contributed by atoms with Gasteiger partial charge >= 0.3 is 5.97 Å². The Kier molecular flexibility index (Phi) is 5.40. The number of carbonyl (C=O) groups is 1. The Balaban J connectivity index is 2.00. The molecule has 0 aromatic carbocycles. The van der Waals surface area contributed by atoms with Crippen molar-refractivity contribution >= 4 is 5.97 Å². The number of hydrogen-bond donors (Lipinski definition) is 1. The number of nitrogens with one attached hydrogen (secondary N) is 1. The van der Waals surface area contributed by atoms with Gasteiger partial charge in [0.2, 0.25) is 0 Å². The maximum Gasteiger partial charge on any atom is 0.330 e. The van der Waals surface area contributed by atoms with Crippen LogP contribution in [0.15, 0.2) is 12.2 Å². The molecule has 0 aliphatic heterocycles. The monoisotopic (exact) mass is 211 g/mol. The van der Waals surface area contributed by atoms with E-state index in [9.17, 15) is 4.79 Å². The summed E-state index contributed by atoms with van der Waals surface area (Å²) in [5.41, 5.74) is 0. The van der Waals surface area contributed by atoms with Crippen LogP contribution in [-0.4, -0.2) is 25.2 Å². The van der Waals surface area contributed by atoms with Gasteiger partial charge in [-0.3, -0.25) is 0 Å². The molecule has 15 heavy (non-hydrogen) atoms. The summed E-state index contributed by atoms with van der Waals surface area (Å²) < 4.78 is 4.77. The zero-order chi connectivity index (χ0) is 11.1. The van der Waals surface area contributed by atoms with E-state index in [0.29, 0.717) is 12.6 Å². The molecule has 86 valence electrons. The fourth-order valence-corrected chi connectivity index (χ4v) is 1.55. The first-order chi connectivity index (χ1) is 7.22. The van der Waals surface area contributed by atoms with Gasteiger partial charge in [-0.1, -0.05) is 18.9 Å². The first kappa shape index (κ1) is 12.2. The van der Waals surface area contributed by atoms with Crippen molar-refractivity contribution in [2.45, 2.75) is 39.2 Å². The third-order valence-electron chi connectivity index (χ3n) is 2.51. The average molecular weight is 211 g/mol. The lowest BCUT2D eigenvalue weighted by atomic mass is 10.1. The number of hydrogen-bond acceptors (Lipinski definition) is 3. The van der Waals surface area contributed by atoms with Gasteiger partial charge in [-0.15, -0.1) is 0 Å². The molecule has 0 heterocycles. The summed E-state index contributed by atoms with van der Waals surface area (Å²) in [5, 5.41) is 3.36. The third kappa shape index (κ3) is 6.28. The molecule has 1 N–H and O–H groups in total. The summed E-state index contributed by atoms with van der Waals surface area (Å²) in [5.74, 6) is 0.690. The molecule has 0 aromatic heterocycles. The van der Waals surface area contributed by atoms with E-state index >= 15 is 0 Å². The highest BCUT2D eigenvalue weighted by Gasteiger charge is 2.22. The second-order valence-corrected chi connectivity index (χ2v) is 4.14. The van der Waals surface area contributed by atoms with Crippen molar-refractivity contribution < 1.29 is 9.53 Å². The molecule has 0 aromatic rings. The van der Waals surface area contributed by atoms with Crippen molar-refractivity contribution in [1.29, 1.82) is 0 Å². The first-order valence-corrected chi connectivity index (χ1v) is 5.79. The van der Waals surface area contributed by atoms with Crippen LogP contribution < -0.4 is 5.32 Å². The smallest absolute Gasteiger partial charge is 0.330 e. The van der Waals surface area contributed by atoms with Crippen LogP contribution in [-0.2, 0) is 9.53 Å². The molecular formula is C12H21NO2. The van der Waals surface area contributed by atoms with Gasteiger partial charge in [-0.2, -0.15) is 0 Å². The van der Waals surface area contributed by atoms with Crippen molar-refractivity contribution in [2.24, 2.45) is 5.92 Å². The van der Waals surface area contributed by atoms with Gasteiger partial charge in [-0.05, 0) is 26.2 Å². The molecule has 0 saturated heterocycles. The number of ether oxygens (including phenoxy) is 1. The van der Waals surface area contributed by atoms with Crippen LogP contribution >= 0.6 is 0 Å². The van der Waals surface area contributed by atoms with Gasteiger partial charge in [0, 0.05) is 18.7 Å². The topological polar surface area (TPSA) is 38.3 Å². The van der Waals surface area contributed by atoms with E-state index in [1.165, 1.54) is 25.3 Å². The molecule has 0 bridgehead atoms. The molecule has 0 amide bonds. The second-order valence-electron chi connectivity index (χ2n) is 4.14. The van der Waals surface area contributed by atoms with E-state index in [1.807, 2.05) is 13.0 Å². The van der Waals surface area contributed by atoms with Crippen LogP contribution in [0.4, 0.5) is 0 Å². The quantitative estimate of drug-likeness (QED) is 0.516. The predicted molar refractivity (Wildman–Crippen MR) is 60.6 cm³/mol. The lowest BCUT2D eigenvalue weighted by Crippen LogP contribution is -2.26. The van der Waals surface area contributed by atoms with Gasteiger partial charge in [0.15, 0.2) is 0 Å². The molecule has 1 aliphatic carbocycles. The SMILES string of the molecule is CCOC(=O)/C=C/CNC(C)CC1CC1. The minimum Gasteiger partial charge on any atom is -0.463 e. The van der Waals surface area contributed by atoms with Gasteiger partial charge in [0.25, 0.3) is 0 Å². The first-order valence-electron chi connectivity index (χ1n) is 5.79. The van der Waals surface area contributed by atoms with Gasteiger partial charge < -0.3 is 10.1 Å². The highest BCUT2D eigenvalue weighted by Crippen LogP contribution is 2.33. The number of carbonyl (C=O) groups excluding carboxylic acids is 1. The molecule has 0 radical (unpaired) electrons. The zero-order valence-corrected chi connectivity index (χ0v) is 9.66. The molecule has 3 heteroatoms. The van der Waals surface area contributed by atoms with Crippen LogP contribution in [0.25, 0.3) is 0 Å². The van der Waals surface area contributed by atoms with E-state index in [-0.39, 0.29) is 5.97 Å². The van der Waals surface area contributed by atoms with Gasteiger partial charge in [0.05, 0.1) is 6.61 Å². The number of rotatable bonds is 7. The fraction of sp³-hybridized carbons (Fsp3) is 0.750. The molecule has 0 spiro atoms. The summed E-state index contributed by atoms with van der Waals surface area (Å²) >= 11 is 0. The van der Waals surface area contributed by atoms with Crippen molar-refractivity contribution in [1.82, 2.24) is 5.32 Å². The second kappa shape index (κ2) is 6.62. The van der Waals surface area contributed by atoms with E-state index in [4.69, 9.17) is 4.74 Å². The fourth-order valence-electron chi connectivity index (χ4n) is 1.55. The Labute approximate surface area is 91.9 Å². The minimum absolute atomic E-state index is 0.255. The molecule has 1 rings (SSSR count). The summed E-state index contributed by atoms with van der Waals surface area (Å²) in [6, 6.07) is 0.546. The lowest BCUT2D eigenvalue weighted by molar-refractivity contribution is -0.137. The molecule has 1 fully saturated rings. The van der Waals surface area contributed by atoms with Crippen molar-refractivity contribution in [3.63, 3.8) is 0 Å². The summed E-state index contributed by atoms with van der Waals surface area (Å²) in [6.45, 7) is 5.18. The summed E-state index contributed by atoms with van der Waals surface area (Å²) in [4.78, 5) is 10.9. The molecule has 1 aliphatic rings. The van der Waals surface area contributed by atoms with Crippen LogP contribution in [0, 0.1) is 5.92 Å². The Morgan fingerprint density at radius 1 is 1.60 bits per heavy atom. The normalized spacial score (nSPS) is 18.0. The Bertz CT molecular complexity index is 222.